The highest BCUT2D eigenvalue weighted by atomic mass is 14.1. The number of unbranched alkanes of at least 4 members (excludes halogenated alkanes) is 25. The molecule has 0 saturated carbocycles. The van der Waals surface area contributed by atoms with Crippen LogP contribution in [0.2, 0.25) is 0 Å². The molecule has 0 spiro atoms. The number of hydrogen-bond donors (Lipinski definition) is 0. The molecular weight excluding hydrogens is 456 g/mol. The normalized spacial score (nSPS) is 13.3. The van der Waals surface area contributed by atoms with Crippen molar-refractivity contribution in [3.8, 4) is 0 Å². The summed E-state index contributed by atoms with van der Waals surface area (Å²) in [6.45, 7) is 9.63. The SMILES string of the molecule is CCCCCCCCCCCCCC(C)CCCCCCCCCC(C)CCCCCCCCCCCC. The van der Waals surface area contributed by atoms with E-state index in [-0.39, 0.29) is 0 Å². The molecule has 0 aromatic rings. The van der Waals surface area contributed by atoms with Crippen molar-refractivity contribution < 1.29 is 0 Å². The zero-order chi connectivity index (χ0) is 27.8. The second-order valence-electron chi connectivity index (χ2n) is 13.6. The molecule has 0 heteroatoms. The number of rotatable bonds is 33. The Hall–Kier alpha value is 0. The van der Waals surface area contributed by atoms with E-state index in [9.17, 15) is 0 Å². The van der Waals surface area contributed by atoms with Crippen LogP contribution < -0.4 is 0 Å². The lowest BCUT2D eigenvalue weighted by atomic mass is 9.95. The van der Waals surface area contributed by atoms with Gasteiger partial charge in [0.25, 0.3) is 0 Å². The molecule has 0 amide bonds. The molecule has 0 radical (unpaired) electrons. The lowest BCUT2D eigenvalue weighted by Gasteiger charge is -2.12. The van der Waals surface area contributed by atoms with Gasteiger partial charge in [0, 0.05) is 0 Å². The predicted octanol–water partition coefficient (Wildman–Crippen LogP) is 14.8. The maximum Gasteiger partial charge on any atom is -0.0443 e. The molecule has 0 aromatic heterocycles. The van der Waals surface area contributed by atoms with Gasteiger partial charge in [-0.3, -0.25) is 0 Å². The summed E-state index contributed by atoms with van der Waals surface area (Å²) in [5.41, 5.74) is 0. The van der Waals surface area contributed by atoms with Crippen molar-refractivity contribution in [2.45, 2.75) is 233 Å². The minimum atomic E-state index is 0.964. The Balaban J connectivity index is 3.23. The standard InChI is InChI=1S/C38H78/c1-5-7-9-11-13-15-17-19-22-26-30-34-38(4)36-32-28-24-20-23-27-31-35-37(3)33-29-25-21-18-16-14-12-10-8-6-2/h37-38H,5-36H2,1-4H3. The first-order chi connectivity index (χ1) is 18.7. The van der Waals surface area contributed by atoms with Crippen LogP contribution in [0, 0.1) is 11.8 Å². The van der Waals surface area contributed by atoms with Crippen molar-refractivity contribution in [3.63, 3.8) is 0 Å². The zero-order valence-electron chi connectivity index (χ0n) is 27.8. The van der Waals surface area contributed by atoms with Gasteiger partial charge in [0.1, 0.15) is 0 Å². The van der Waals surface area contributed by atoms with Crippen LogP contribution in [0.4, 0.5) is 0 Å². The minimum absolute atomic E-state index is 0.964. The molecule has 0 heterocycles. The van der Waals surface area contributed by atoms with E-state index in [4.69, 9.17) is 0 Å². The van der Waals surface area contributed by atoms with Crippen LogP contribution >= 0.6 is 0 Å². The third-order valence-electron chi connectivity index (χ3n) is 9.24. The lowest BCUT2D eigenvalue weighted by Crippen LogP contribution is -1.96. The fourth-order valence-electron chi connectivity index (χ4n) is 6.30. The highest BCUT2D eigenvalue weighted by Gasteiger charge is 2.04. The summed E-state index contributed by atoms with van der Waals surface area (Å²) in [6.07, 6.45) is 47.1. The van der Waals surface area contributed by atoms with Gasteiger partial charge < -0.3 is 0 Å². The Labute approximate surface area is 244 Å². The largest absolute Gasteiger partial charge is 0.0654 e. The van der Waals surface area contributed by atoms with Gasteiger partial charge in [0.15, 0.2) is 0 Å². The summed E-state index contributed by atoms with van der Waals surface area (Å²) < 4.78 is 0. The second kappa shape index (κ2) is 33.2. The van der Waals surface area contributed by atoms with Gasteiger partial charge >= 0.3 is 0 Å². The molecule has 0 aliphatic rings. The van der Waals surface area contributed by atoms with Crippen molar-refractivity contribution in [1.82, 2.24) is 0 Å². The average molecular weight is 535 g/mol. The average Bonchev–Trinajstić information content (AvgIpc) is 2.91. The van der Waals surface area contributed by atoms with E-state index in [0.717, 1.165) is 11.8 Å². The Morgan fingerprint density at radius 2 is 0.395 bits per heavy atom. The first-order valence-electron chi connectivity index (χ1n) is 18.7. The topological polar surface area (TPSA) is 0 Å². The van der Waals surface area contributed by atoms with Crippen LogP contribution in [0.1, 0.15) is 233 Å². The number of hydrogen-bond acceptors (Lipinski definition) is 0. The van der Waals surface area contributed by atoms with Gasteiger partial charge in [0.05, 0.1) is 0 Å². The molecule has 2 atom stereocenters. The molecule has 0 aromatic carbocycles. The molecule has 0 nitrogen and oxygen atoms in total. The summed E-state index contributed by atoms with van der Waals surface area (Å²) in [6, 6.07) is 0. The summed E-state index contributed by atoms with van der Waals surface area (Å²) in [4.78, 5) is 0. The summed E-state index contributed by atoms with van der Waals surface area (Å²) >= 11 is 0. The molecule has 0 N–H and O–H groups in total. The fraction of sp³-hybridized carbons (Fsp3) is 1.00. The minimum Gasteiger partial charge on any atom is -0.0654 e. The maximum absolute atomic E-state index is 2.51. The van der Waals surface area contributed by atoms with E-state index in [1.807, 2.05) is 0 Å². The molecule has 0 bridgehead atoms. The molecule has 0 aliphatic carbocycles. The first-order valence-corrected chi connectivity index (χ1v) is 18.7. The molecule has 2 unspecified atom stereocenters. The van der Waals surface area contributed by atoms with Crippen molar-refractivity contribution in [2.75, 3.05) is 0 Å². The van der Waals surface area contributed by atoms with Crippen LogP contribution in [0.15, 0.2) is 0 Å². The second-order valence-corrected chi connectivity index (χ2v) is 13.6. The van der Waals surface area contributed by atoms with Gasteiger partial charge in [-0.25, -0.2) is 0 Å². The van der Waals surface area contributed by atoms with Crippen LogP contribution in [0.5, 0.6) is 0 Å². The Morgan fingerprint density at radius 3 is 0.579 bits per heavy atom. The van der Waals surface area contributed by atoms with Crippen molar-refractivity contribution in [3.05, 3.63) is 0 Å². The van der Waals surface area contributed by atoms with Gasteiger partial charge in [-0.1, -0.05) is 233 Å². The molecule has 0 saturated heterocycles. The summed E-state index contributed by atoms with van der Waals surface area (Å²) in [5.74, 6) is 1.93. The van der Waals surface area contributed by atoms with Crippen LogP contribution in [0.3, 0.4) is 0 Å². The van der Waals surface area contributed by atoms with Gasteiger partial charge in [0.2, 0.25) is 0 Å². The van der Waals surface area contributed by atoms with E-state index >= 15 is 0 Å². The van der Waals surface area contributed by atoms with Crippen molar-refractivity contribution >= 4 is 0 Å². The molecule has 38 heavy (non-hydrogen) atoms. The quantitative estimate of drug-likeness (QED) is 0.0734. The van der Waals surface area contributed by atoms with E-state index in [1.165, 1.54) is 205 Å². The lowest BCUT2D eigenvalue weighted by molar-refractivity contribution is 0.421. The predicted molar refractivity (Wildman–Crippen MR) is 177 cm³/mol. The molecule has 0 aliphatic heterocycles. The van der Waals surface area contributed by atoms with Crippen LogP contribution in [-0.4, -0.2) is 0 Å². The van der Waals surface area contributed by atoms with Crippen LogP contribution in [0.25, 0.3) is 0 Å². The summed E-state index contributed by atoms with van der Waals surface area (Å²) in [5, 5.41) is 0. The van der Waals surface area contributed by atoms with Crippen LogP contribution in [-0.2, 0) is 0 Å². The molecular formula is C38H78. The molecule has 230 valence electrons. The maximum atomic E-state index is 2.51. The third-order valence-corrected chi connectivity index (χ3v) is 9.24. The van der Waals surface area contributed by atoms with E-state index in [1.54, 1.807) is 0 Å². The van der Waals surface area contributed by atoms with E-state index < -0.39 is 0 Å². The molecule has 0 rings (SSSR count). The summed E-state index contributed by atoms with van der Waals surface area (Å²) in [7, 11) is 0. The first kappa shape index (κ1) is 38.0. The van der Waals surface area contributed by atoms with Gasteiger partial charge in [-0.15, -0.1) is 0 Å². The highest BCUT2D eigenvalue weighted by Crippen LogP contribution is 2.21. The monoisotopic (exact) mass is 535 g/mol. The van der Waals surface area contributed by atoms with Crippen molar-refractivity contribution in [2.24, 2.45) is 11.8 Å². The molecule has 0 fully saturated rings. The highest BCUT2D eigenvalue weighted by molar-refractivity contribution is 4.58. The van der Waals surface area contributed by atoms with E-state index in [0.29, 0.717) is 0 Å². The zero-order valence-corrected chi connectivity index (χ0v) is 27.8. The smallest absolute Gasteiger partial charge is 0.0443 e. The Morgan fingerprint density at radius 1 is 0.237 bits per heavy atom. The fourth-order valence-corrected chi connectivity index (χ4v) is 6.30. The van der Waals surface area contributed by atoms with E-state index in [2.05, 4.69) is 27.7 Å². The van der Waals surface area contributed by atoms with Gasteiger partial charge in [-0.2, -0.15) is 0 Å². The third kappa shape index (κ3) is 32.2. The Kier molecular flexibility index (Phi) is 33.2. The van der Waals surface area contributed by atoms with Gasteiger partial charge in [-0.05, 0) is 11.8 Å². The Bertz CT molecular complexity index is 399. The van der Waals surface area contributed by atoms with Crippen molar-refractivity contribution in [1.29, 1.82) is 0 Å².